The van der Waals surface area contributed by atoms with Crippen molar-refractivity contribution in [3.05, 3.63) is 29.8 Å². The second-order valence-electron chi connectivity index (χ2n) is 7.38. The molecule has 2 atom stereocenters. The van der Waals surface area contributed by atoms with Gasteiger partial charge in [-0.3, -0.25) is 24.1 Å². The van der Waals surface area contributed by atoms with E-state index >= 15 is 0 Å². The van der Waals surface area contributed by atoms with E-state index in [0.29, 0.717) is 22.6 Å². The van der Waals surface area contributed by atoms with E-state index in [1.54, 1.807) is 0 Å². The van der Waals surface area contributed by atoms with Crippen molar-refractivity contribution in [2.24, 2.45) is 5.92 Å². The molecule has 2 N–H and O–H groups in total. The molecular weight excluding hydrogens is 376 g/mol. The Hall–Kier alpha value is -3.23. The van der Waals surface area contributed by atoms with Crippen LogP contribution in [-0.2, 0) is 14.4 Å². The zero-order valence-electron chi connectivity index (χ0n) is 16.4. The molecule has 0 unspecified atom stereocenters. The smallest absolute Gasteiger partial charge is 0.334 e. The minimum Gasteiger partial charge on any atom is -0.355 e. The molecule has 1 aliphatic carbocycles. The van der Waals surface area contributed by atoms with Crippen molar-refractivity contribution in [1.82, 2.24) is 15.1 Å². The molecule has 29 heavy (non-hydrogen) atoms. The first-order chi connectivity index (χ1) is 13.8. The summed E-state index contributed by atoms with van der Waals surface area (Å²) in [6.45, 7) is 1.42. The van der Waals surface area contributed by atoms with Crippen LogP contribution in [0.15, 0.2) is 24.3 Å². The monoisotopic (exact) mass is 400 g/mol. The molecule has 6 amide bonds. The average molecular weight is 400 g/mol. The third kappa shape index (κ3) is 4.13. The van der Waals surface area contributed by atoms with E-state index in [2.05, 4.69) is 10.6 Å². The van der Waals surface area contributed by atoms with Gasteiger partial charge in [0.2, 0.25) is 5.91 Å². The fourth-order valence-electron chi connectivity index (χ4n) is 3.83. The number of anilines is 1. The molecule has 154 valence electrons. The van der Waals surface area contributed by atoms with Crippen LogP contribution in [-0.4, -0.2) is 59.1 Å². The SMILES string of the molecule is CNC(=O)c1ccc(NC(=O)CN2C(=O)C(=O)N([C@H]3CCCC[C@H]3C)C2=O)cc1. The summed E-state index contributed by atoms with van der Waals surface area (Å²) in [6.07, 6.45) is 3.49. The Labute approximate surface area is 168 Å². The van der Waals surface area contributed by atoms with E-state index in [-0.39, 0.29) is 17.9 Å². The average Bonchev–Trinajstić information content (AvgIpc) is 2.92. The summed E-state index contributed by atoms with van der Waals surface area (Å²) in [5, 5.41) is 5.06. The maximum Gasteiger partial charge on any atom is 0.334 e. The summed E-state index contributed by atoms with van der Waals surface area (Å²) < 4.78 is 0. The Morgan fingerprint density at radius 3 is 2.31 bits per heavy atom. The molecule has 2 fully saturated rings. The predicted octanol–water partition coefficient (Wildman–Crippen LogP) is 1.35. The Balaban J connectivity index is 1.65. The molecule has 1 saturated carbocycles. The Morgan fingerprint density at radius 1 is 1.03 bits per heavy atom. The number of imide groups is 2. The molecule has 1 aromatic carbocycles. The van der Waals surface area contributed by atoms with Gasteiger partial charge in [-0.2, -0.15) is 0 Å². The first-order valence-corrected chi connectivity index (χ1v) is 9.64. The quantitative estimate of drug-likeness (QED) is 0.572. The molecule has 1 aliphatic heterocycles. The Bertz CT molecular complexity index is 851. The highest BCUT2D eigenvalue weighted by Crippen LogP contribution is 2.31. The van der Waals surface area contributed by atoms with E-state index in [1.807, 2.05) is 6.92 Å². The van der Waals surface area contributed by atoms with Crippen LogP contribution in [0.1, 0.15) is 43.0 Å². The molecule has 9 nitrogen and oxygen atoms in total. The topological polar surface area (TPSA) is 116 Å². The standard InChI is InChI=1S/C20H24N4O5/c1-12-5-3-4-6-15(12)24-19(28)18(27)23(20(24)29)11-16(25)22-14-9-7-13(8-10-14)17(26)21-2/h7-10,12,15H,3-6,11H2,1-2H3,(H,21,26)(H,22,25)/t12-,15+/m1/s1. The molecule has 1 aromatic rings. The van der Waals surface area contributed by atoms with Crippen LogP contribution in [0.2, 0.25) is 0 Å². The lowest BCUT2D eigenvalue weighted by Gasteiger charge is -2.34. The zero-order valence-corrected chi connectivity index (χ0v) is 16.4. The summed E-state index contributed by atoms with van der Waals surface area (Å²) in [4.78, 5) is 63.0. The second kappa shape index (κ2) is 8.42. The second-order valence-corrected chi connectivity index (χ2v) is 7.38. The third-order valence-corrected chi connectivity index (χ3v) is 5.44. The molecule has 1 saturated heterocycles. The number of benzene rings is 1. The van der Waals surface area contributed by atoms with Crippen molar-refractivity contribution in [1.29, 1.82) is 0 Å². The van der Waals surface area contributed by atoms with E-state index in [0.717, 1.165) is 24.2 Å². The molecule has 9 heteroatoms. The van der Waals surface area contributed by atoms with Gasteiger partial charge in [0.05, 0.1) is 0 Å². The van der Waals surface area contributed by atoms with Gasteiger partial charge in [-0.25, -0.2) is 9.69 Å². The Kier molecular flexibility index (Phi) is 5.95. The van der Waals surface area contributed by atoms with Crippen LogP contribution in [0.5, 0.6) is 0 Å². The number of urea groups is 1. The highest BCUT2D eigenvalue weighted by atomic mass is 16.2. The van der Waals surface area contributed by atoms with E-state index < -0.39 is 30.3 Å². The molecule has 0 spiro atoms. The number of rotatable bonds is 5. The Morgan fingerprint density at radius 2 is 1.69 bits per heavy atom. The minimum atomic E-state index is -0.974. The van der Waals surface area contributed by atoms with Crippen molar-refractivity contribution in [3.8, 4) is 0 Å². The van der Waals surface area contributed by atoms with Crippen LogP contribution in [0.3, 0.4) is 0 Å². The lowest BCUT2D eigenvalue weighted by molar-refractivity contribution is -0.145. The number of nitrogens with zero attached hydrogens (tertiary/aromatic N) is 2. The van der Waals surface area contributed by atoms with Crippen molar-refractivity contribution in [2.45, 2.75) is 38.6 Å². The van der Waals surface area contributed by atoms with Crippen molar-refractivity contribution >= 4 is 35.3 Å². The van der Waals surface area contributed by atoms with Gasteiger partial charge in [0.25, 0.3) is 5.91 Å². The number of carbonyl (C=O) groups excluding carboxylic acids is 5. The first-order valence-electron chi connectivity index (χ1n) is 9.64. The molecular formula is C20H24N4O5. The molecule has 0 bridgehead atoms. The molecule has 0 aromatic heterocycles. The molecule has 0 radical (unpaired) electrons. The van der Waals surface area contributed by atoms with Gasteiger partial charge in [0.15, 0.2) is 0 Å². The van der Waals surface area contributed by atoms with Crippen molar-refractivity contribution < 1.29 is 24.0 Å². The van der Waals surface area contributed by atoms with Gasteiger partial charge in [-0.1, -0.05) is 19.8 Å². The summed E-state index contributed by atoms with van der Waals surface area (Å²) >= 11 is 0. The van der Waals surface area contributed by atoms with E-state index in [1.165, 1.54) is 31.3 Å². The zero-order chi connectivity index (χ0) is 21.1. The summed E-state index contributed by atoms with van der Waals surface area (Å²) in [6, 6.07) is 5.11. The van der Waals surface area contributed by atoms with Crippen LogP contribution >= 0.6 is 0 Å². The molecule has 1 heterocycles. The van der Waals surface area contributed by atoms with E-state index in [4.69, 9.17) is 0 Å². The first kappa shape index (κ1) is 20.5. The highest BCUT2D eigenvalue weighted by molar-refractivity contribution is 6.45. The van der Waals surface area contributed by atoms with Gasteiger partial charge in [0.1, 0.15) is 6.54 Å². The molecule has 2 aliphatic rings. The fourth-order valence-corrected chi connectivity index (χ4v) is 3.83. The van der Waals surface area contributed by atoms with Gasteiger partial charge in [-0.05, 0) is 43.0 Å². The number of hydrogen-bond acceptors (Lipinski definition) is 5. The maximum atomic E-state index is 12.7. The number of hydrogen-bond donors (Lipinski definition) is 2. The largest absolute Gasteiger partial charge is 0.355 e. The lowest BCUT2D eigenvalue weighted by Crippen LogP contribution is -2.46. The number of carbonyl (C=O) groups is 5. The fraction of sp³-hybridized carbons (Fsp3) is 0.450. The van der Waals surface area contributed by atoms with Crippen LogP contribution in [0, 0.1) is 5.92 Å². The van der Waals surface area contributed by atoms with Gasteiger partial charge >= 0.3 is 17.8 Å². The lowest BCUT2D eigenvalue weighted by atomic mass is 9.85. The van der Waals surface area contributed by atoms with Gasteiger partial charge < -0.3 is 10.6 Å². The van der Waals surface area contributed by atoms with Crippen molar-refractivity contribution in [2.75, 3.05) is 18.9 Å². The van der Waals surface area contributed by atoms with Crippen LogP contribution in [0.4, 0.5) is 10.5 Å². The maximum absolute atomic E-state index is 12.7. The van der Waals surface area contributed by atoms with E-state index in [9.17, 15) is 24.0 Å². The minimum absolute atomic E-state index is 0.122. The van der Waals surface area contributed by atoms with Crippen LogP contribution in [0.25, 0.3) is 0 Å². The van der Waals surface area contributed by atoms with Crippen LogP contribution < -0.4 is 10.6 Å². The van der Waals surface area contributed by atoms with Gasteiger partial charge in [-0.15, -0.1) is 0 Å². The van der Waals surface area contributed by atoms with Gasteiger partial charge in [0, 0.05) is 24.3 Å². The number of amides is 6. The summed E-state index contributed by atoms with van der Waals surface area (Å²) in [5.74, 6) is -2.58. The summed E-state index contributed by atoms with van der Waals surface area (Å²) in [7, 11) is 1.51. The number of nitrogens with one attached hydrogen (secondary N) is 2. The van der Waals surface area contributed by atoms with Crippen molar-refractivity contribution in [3.63, 3.8) is 0 Å². The normalized spacial score (nSPS) is 22.1. The highest BCUT2D eigenvalue weighted by Gasteiger charge is 2.49. The summed E-state index contributed by atoms with van der Waals surface area (Å²) in [5.41, 5.74) is 0.837. The molecule has 3 rings (SSSR count). The third-order valence-electron chi connectivity index (χ3n) is 5.44. The predicted molar refractivity (Wildman–Crippen MR) is 104 cm³/mol.